The second kappa shape index (κ2) is 16.0. The van der Waals surface area contributed by atoms with Gasteiger partial charge in [-0.05, 0) is 62.2 Å². The number of imidazole rings is 1. The first-order valence-electron chi connectivity index (χ1n) is 17.3. The number of esters is 1. The number of nitrogens with two attached hydrogens (primary N) is 2. The Kier molecular flexibility index (Phi) is 11.3. The highest BCUT2D eigenvalue weighted by atomic mass is 19.2. The second-order valence-corrected chi connectivity index (χ2v) is 13.0. The van der Waals surface area contributed by atoms with Crippen LogP contribution in [0.1, 0.15) is 41.6 Å². The number of hydrogen-bond donors (Lipinski definition) is 4. The number of carbonyl (C=O) groups is 3. The Morgan fingerprint density at radius 1 is 1.06 bits per heavy atom. The van der Waals surface area contributed by atoms with Crippen molar-refractivity contribution in [3.8, 4) is 17.0 Å². The van der Waals surface area contributed by atoms with Crippen LogP contribution in [0.3, 0.4) is 0 Å². The van der Waals surface area contributed by atoms with Crippen molar-refractivity contribution in [3.05, 3.63) is 71.7 Å². The minimum absolute atomic E-state index is 0.0180. The topological polar surface area (TPSA) is 182 Å². The van der Waals surface area contributed by atoms with Crippen molar-refractivity contribution < 1.29 is 32.6 Å². The SMILES string of the molecule is COc1ccc(-c2cnc3c(Nc4ccc(C(=O)N5CCN(C(=O)[C@@H]6C[C@@H](OC(=O)[C@@H](N)CCCCN)CN6)CC5)c(C)c4)nccn23)c(F)c1F. The van der Waals surface area contributed by atoms with E-state index in [-0.39, 0.29) is 23.1 Å². The number of rotatable bonds is 12. The number of piperazine rings is 1. The number of aromatic nitrogens is 3. The van der Waals surface area contributed by atoms with Crippen LogP contribution in [0.4, 0.5) is 20.3 Å². The summed E-state index contributed by atoms with van der Waals surface area (Å²) in [6, 6.07) is 6.92. The third-order valence-corrected chi connectivity index (χ3v) is 9.51. The van der Waals surface area contributed by atoms with Crippen molar-refractivity contribution in [2.24, 2.45) is 11.5 Å². The van der Waals surface area contributed by atoms with Gasteiger partial charge in [-0.3, -0.25) is 18.8 Å². The third kappa shape index (κ3) is 7.68. The lowest BCUT2D eigenvalue weighted by Gasteiger charge is -2.36. The lowest BCUT2D eigenvalue weighted by molar-refractivity contribution is -0.150. The molecule has 2 aliphatic heterocycles. The molecule has 2 aromatic carbocycles. The van der Waals surface area contributed by atoms with Crippen molar-refractivity contribution >= 4 is 34.9 Å². The highest BCUT2D eigenvalue weighted by Crippen LogP contribution is 2.32. The number of aryl methyl sites for hydroxylation is 1. The van der Waals surface area contributed by atoms with Crippen LogP contribution in [0, 0.1) is 18.6 Å². The number of methoxy groups -OCH3 is 1. The lowest BCUT2D eigenvalue weighted by atomic mass is 10.1. The van der Waals surface area contributed by atoms with Gasteiger partial charge < -0.3 is 41.4 Å². The van der Waals surface area contributed by atoms with Crippen LogP contribution in [0.25, 0.3) is 16.9 Å². The summed E-state index contributed by atoms with van der Waals surface area (Å²) in [5.41, 5.74) is 14.1. The molecule has 4 aromatic rings. The lowest BCUT2D eigenvalue weighted by Crippen LogP contribution is -2.54. The van der Waals surface area contributed by atoms with Gasteiger partial charge in [-0.1, -0.05) is 6.42 Å². The first-order valence-corrected chi connectivity index (χ1v) is 17.3. The summed E-state index contributed by atoms with van der Waals surface area (Å²) >= 11 is 0. The fourth-order valence-corrected chi connectivity index (χ4v) is 6.59. The summed E-state index contributed by atoms with van der Waals surface area (Å²) < 4.78 is 41.4. The van der Waals surface area contributed by atoms with Gasteiger partial charge in [0.1, 0.15) is 12.1 Å². The van der Waals surface area contributed by atoms with E-state index < -0.39 is 35.8 Å². The molecule has 0 unspecified atom stereocenters. The van der Waals surface area contributed by atoms with Crippen LogP contribution in [-0.2, 0) is 14.3 Å². The smallest absolute Gasteiger partial charge is 0.323 e. The van der Waals surface area contributed by atoms with Crippen molar-refractivity contribution in [2.45, 2.75) is 50.8 Å². The molecule has 0 saturated carbocycles. The zero-order valence-corrected chi connectivity index (χ0v) is 29.1. The first kappa shape index (κ1) is 36.6. The highest BCUT2D eigenvalue weighted by Gasteiger charge is 2.36. The Hall–Kier alpha value is -5.19. The number of ether oxygens (including phenoxy) is 2. The summed E-state index contributed by atoms with van der Waals surface area (Å²) in [7, 11) is 1.27. The summed E-state index contributed by atoms with van der Waals surface area (Å²) in [6.45, 7) is 4.27. The summed E-state index contributed by atoms with van der Waals surface area (Å²) in [5.74, 6) is -2.65. The van der Waals surface area contributed by atoms with Crippen LogP contribution < -0.4 is 26.8 Å². The quantitative estimate of drug-likeness (QED) is 0.125. The number of unbranched alkanes of at least 4 members (excludes halogenated alkanes) is 1. The molecule has 14 nitrogen and oxygen atoms in total. The number of halogens is 2. The van der Waals surface area contributed by atoms with E-state index in [1.807, 2.05) is 13.0 Å². The standard InChI is InChI=1S/C36H43F2N9O5/c1-21-17-22(44-32-33-43-20-28(47(33)12-11-41-32)25-8-9-29(51-2)31(38)30(25)37)6-7-24(21)34(48)45-13-15-46(16-14-45)35(49)27-18-23(19-42-27)52-36(50)26(40)5-3-4-10-39/h6-9,11-12,17,20,23,26-27,42H,3-5,10,13-16,18-19,39-40H2,1-2H3,(H,41,44)/t23-,26+,27+/m1/s1. The summed E-state index contributed by atoms with van der Waals surface area (Å²) in [4.78, 5) is 51.4. The van der Waals surface area contributed by atoms with Crippen LogP contribution in [0.2, 0.25) is 0 Å². The maximum atomic E-state index is 14.9. The fourth-order valence-electron chi connectivity index (χ4n) is 6.59. The van der Waals surface area contributed by atoms with Gasteiger partial charge in [0, 0.05) is 68.4 Å². The highest BCUT2D eigenvalue weighted by molar-refractivity contribution is 5.96. The zero-order chi connectivity index (χ0) is 36.9. The predicted octanol–water partition coefficient (Wildman–Crippen LogP) is 2.75. The molecule has 4 heterocycles. The van der Waals surface area contributed by atoms with Crippen LogP contribution in [-0.4, -0.2) is 107 Å². The van der Waals surface area contributed by atoms with Crippen molar-refractivity contribution in [2.75, 3.05) is 51.7 Å². The molecular weight excluding hydrogens is 676 g/mol. The van der Waals surface area contributed by atoms with Gasteiger partial charge >= 0.3 is 5.97 Å². The van der Waals surface area contributed by atoms with Crippen molar-refractivity contribution in [3.63, 3.8) is 0 Å². The minimum Gasteiger partial charge on any atom is -0.494 e. The molecule has 0 radical (unpaired) electrons. The maximum absolute atomic E-state index is 14.9. The molecule has 276 valence electrons. The molecule has 3 atom stereocenters. The van der Waals surface area contributed by atoms with Gasteiger partial charge in [-0.15, -0.1) is 0 Å². The molecule has 2 saturated heterocycles. The fraction of sp³-hybridized carbons (Fsp3) is 0.417. The molecular formula is C36H43F2N9O5. The number of benzene rings is 2. The molecule has 0 aliphatic carbocycles. The van der Waals surface area contributed by atoms with Crippen molar-refractivity contribution in [1.29, 1.82) is 0 Å². The molecule has 2 amide bonds. The Morgan fingerprint density at radius 3 is 2.56 bits per heavy atom. The number of fused-ring (bicyclic) bond motifs is 1. The van der Waals surface area contributed by atoms with E-state index in [0.717, 1.165) is 18.4 Å². The van der Waals surface area contributed by atoms with Crippen LogP contribution in [0.5, 0.6) is 5.75 Å². The van der Waals surface area contributed by atoms with Gasteiger partial charge in [0.25, 0.3) is 5.91 Å². The van der Waals surface area contributed by atoms with Gasteiger partial charge in [0.15, 0.2) is 23.0 Å². The Labute approximate surface area is 299 Å². The number of amides is 2. The van der Waals surface area contributed by atoms with E-state index >= 15 is 0 Å². The normalized spacial score (nSPS) is 18.0. The molecule has 2 aliphatic rings. The van der Waals surface area contributed by atoms with E-state index in [1.54, 1.807) is 32.5 Å². The molecule has 6 N–H and O–H groups in total. The average molecular weight is 720 g/mol. The Morgan fingerprint density at radius 2 is 1.83 bits per heavy atom. The van der Waals surface area contributed by atoms with Crippen molar-refractivity contribution in [1.82, 2.24) is 29.5 Å². The summed E-state index contributed by atoms with van der Waals surface area (Å²) in [5, 5.41) is 6.38. The van der Waals surface area contributed by atoms with E-state index in [0.29, 0.717) is 80.5 Å². The number of anilines is 2. The zero-order valence-electron chi connectivity index (χ0n) is 29.1. The summed E-state index contributed by atoms with van der Waals surface area (Å²) in [6.07, 6.45) is 6.55. The third-order valence-electron chi connectivity index (χ3n) is 9.51. The number of nitrogens with one attached hydrogen (secondary N) is 2. The van der Waals surface area contributed by atoms with Crippen LogP contribution >= 0.6 is 0 Å². The molecule has 2 aromatic heterocycles. The van der Waals surface area contributed by atoms with Gasteiger partial charge in [-0.25, -0.2) is 14.4 Å². The van der Waals surface area contributed by atoms with E-state index in [9.17, 15) is 23.2 Å². The second-order valence-electron chi connectivity index (χ2n) is 13.0. The minimum atomic E-state index is -1.09. The monoisotopic (exact) mass is 719 g/mol. The Bertz CT molecular complexity index is 1950. The molecule has 0 spiro atoms. The molecule has 0 bridgehead atoms. The molecule has 16 heteroatoms. The Balaban J connectivity index is 1.03. The van der Waals surface area contributed by atoms with E-state index in [2.05, 4.69) is 20.6 Å². The maximum Gasteiger partial charge on any atom is 0.323 e. The van der Waals surface area contributed by atoms with Gasteiger partial charge in [0.05, 0.1) is 25.0 Å². The van der Waals surface area contributed by atoms with Gasteiger partial charge in [-0.2, -0.15) is 4.39 Å². The predicted molar refractivity (Wildman–Crippen MR) is 189 cm³/mol. The molecule has 2 fully saturated rings. The van der Waals surface area contributed by atoms with Crippen LogP contribution in [0.15, 0.2) is 48.9 Å². The van der Waals surface area contributed by atoms with E-state index in [1.165, 1.54) is 31.6 Å². The molecule has 52 heavy (non-hydrogen) atoms. The van der Waals surface area contributed by atoms with Gasteiger partial charge in [0.2, 0.25) is 11.7 Å². The van der Waals surface area contributed by atoms with E-state index in [4.69, 9.17) is 20.9 Å². The number of carbonyl (C=O) groups excluding carboxylic acids is 3. The first-order chi connectivity index (χ1) is 25.1. The number of hydrogen-bond acceptors (Lipinski definition) is 11. The number of nitrogens with zero attached hydrogens (tertiary/aromatic N) is 5. The molecule has 6 rings (SSSR count). The largest absolute Gasteiger partial charge is 0.494 e. The average Bonchev–Trinajstić information content (AvgIpc) is 3.80.